The first kappa shape index (κ1) is 18.1. The predicted molar refractivity (Wildman–Crippen MR) is 78.2 cm³/mol. The molecule has 1 heterocycles. The normalized spacial score (nSPS) is 30.2. The Morgan fingerprint density at radius 2 is 1.05 bits per heavy atom. The van der Waals surface area contributed by atoms with Crippen LogP contribution in [0.3, 0.4) is 0 Å². The molecule has 5 nitrogen and oxygen atoms in total. The molecule has 1 aliphatic heterocycles. The van der Waals surface area contributed by atoms with Crippen LogP contribution in [0.5, 0.6) is 0 Å². The van der Waals surface area contributed by atoms with Crippen molar-refractivity contribution < 1.29 is 23.5 Å². The first-order valence-corrected chi connectivity index (χ1v) is 9.49. The average molecular weight is 308 g/mol. The van der Waals surface area contributed by atoms with Gasteiger partial charge in [-0.15, -0.1) is 4.67 Å². The summed E-state index contributed by atoms with van der Waals surface area (Å²) in [7, 11) is -4.02. The van der Waals surface area contributed by atoms with Crippen molar-refractivity contribution in [2.24, 2.45) is 0 Å². The fourth-order valence-electron chi connectivity index (χ4n) is 2.34. The first-order valence-electron chi connectivity index (χ1n) is 7.99. The van der Waals surface area contributed by atoms with E-state index in [4.69, 9.17) is 9.41 Å². The zero-order chi connectivity index (χ0) is 14.5. The van der Waals surface area contributed by atoms with Crippen molar-refractivity contribution in [1.29, 1.82) is 0 Å². The Morgan fingerprint density at radius 1 is 0.650 bits per heavy atom. The van der Waals surface area contributed by atoms with Gasteiger partial charge in [0.1, 0.15) is 0 Å². The predicted octanol–water partition coefficient (Wildman–Crippen LogP) is 4.75. The molecule has 1 atom stereocenters. The van der Waals surface area contributed by atoms with Gasteiger partial charge < -0.3 is 4.89 Å². The Labute approximate surface area is 122 Å². The number of hydrogen-bond acceptors (Lipinski definition) is 4. The van der Waals surface area contributed by atoms with Crippen molar-refractivity contribution in [3.05, 3.63) is 0 Å². The molecule has 0 amide bonds. The molecule has 0 spiro atoms. The highest BCUT2D eigenvalue weighted by atomic mass is 31.2. The molecular weight excluding hydrogens is 279 g/mol. The molecule has 1 saturated heterocycles. The summed E-state index contributed by atoms with van der Waals surface area (Å²) in [4.78, 5) is 14.1. The minimum Gasteiger partial charge on any atom is -0.301 e. The van der Waals surface area contributed by atoms with Crippen molar-refractivity contribution in [1.82, 2.24) is 0 Å². The maximum atomic E-state index is 11.4. The van der Waals surface area contributed by atoms with Crippen molar-refractivity contribution in [2.75, 3.05) is 13.2 Å². The standard InChI is InChI=1S/C14H29O5P/c15-20(16)18-14-12-10-8-6-4-2-1-3-5-7-9-11-13-17-19-20/h1-14H2,(H,15,16). The number of phosphoric acid groups is 1. The third-order valence-corrected chi connectivity index (χ3v) is 4.33. The van der Waals surface area contributed by atoms with Gasteiger partial charge in [0.15, 0.2) is 0 Å². The van der Waals surface area contributed by atoms with Crippen LogP contribution in [-0.2, 0) is 18.7 Å². The van der Waals surface area contributed by atoms with Gasteiger partial charge in [-0.25, -0.2) is 9.45 Å². The van der Waals surface area contributed by atoms with E-state index in [1.54, 1.807) is 0 Å². The van der Waals surface area contributed by atoms with Gasteiger partial charge in [-0.2, -0.15) is 0 Å². The van der Waals surface area contributed by atoms with E-state index < -0.39 is 7.82 Å². The van der Waals surface area contributed by atoms with Gasteiger partial charge in [0, 0.05) is 0 Å². The summed E-state index contributed by atoms with van der Waals surface area (Å²) in [6, 6.07) is 0. The molecule has 0 aromatic carbocycles. The van der Waals surface area contributed by atoms with Crippen LogP contribution in [0.2, 0.25) is 0 Å². The Balaban J connectivity index is 2.20. The molecule has 6 heteroatoms. The first-order chi connectivity index (χ1) is 9.71. The van der Waals surface area contributed by atoms with Gasteiger partial charge in [0.2, 0.25) is 0 Å². The van der Waals surface area contributed by atoms with Crippen LogP contribution in [0.1, 0.15) is 77.0 Å². The lowest BCUT2D eigenvalue weighted by Crippen LogP contribution is -2.00. The molecule has 0 radical (unpaired) electrons. The van der Waals surface area contributed by atoms with Gasteiger partial charge in [-0.05, 0) is 12.8 Å². The fraction of sp³-hybridized carbons (Fsp3) is 1.00. The smallest absolute Gasteiger partial charge is 0.301 e. The summed E-state index contributed by atoms with van der Waals surface area (Å²) in [6.45, 7) is 0.588. The highest BCUT2D eigenvalue weighted by molar-refractivity contribution is 7.47. The Kier molecular flexibility index (Phi) is 10.6. The highest BCUT2D eigenvalue weighted by Gasteiger charge is 2.22. The number of phosphoric ester groups is 1. The molecule has 1 aliphatic rings. The minimum absolute atomic E-state index is 0.247. The van der Waals surface area contributed by atoms with Gasteiger partial charge in [-0.3, -0.25) is 4.52 Å². The number of hydrogen-bond donors (Lipinski definition) is 1. The SMILES string of the molecule is O=P1(O)OCCCCCCCCCCCCCCOO1. The van der Waals surface area contributed by atoms with Crippen molar-refractivity contribution in [2.45, 2.75) is 77.0 Å². The van der Waals surface area contributed by atoms with E-state index in [0.29, 0.717) is 6.61 Å². The van der Waals surface area contributed by atoms with Crippen LogP contribution in [0.4, 0.5) is 0 Å². The summed E-state index contributed by atoms with van der Waals surface area (Å²) in [5, 5.41) is 0. The molecule has 1 rings (SSSR count). The summed E-state index contributed by atoms with van der Waals surface area (Å²) in [5.41, 5.74) is 0. The van der Waals surface area contributed by atoms with E-state index in [1.807, 2.05) is 0 Å². The summed E-state index contributed by atoms with van der Waals surface area (Å²) in [6.07, 6.45) is 13.9. The van der Waals surface area contributed by atoms with E-state index in [0.717, 1.165) is 32.1 Å². The van der Waals surface area contributed by atoms with E-state index in [1.165, 1.54) is 44.9 Å². The highest BCUT2D eigenvalue weighted by Crippen LogP contribution is 2.43. The summed E-state index contributed by atoms with van der Waals surface area (Å²) in [5.74, 6) is 0. The second-order valence-corrected chi connectivity index (χ2v) is 6.79. The van der Waals surface area contributed by atoms with Crippen LogP contribution in [0.15, 0.2) is 0 Å². The Bertz CT molecular complexity index is 250. The lowest BCUT2D eigenvalue weighted by atomic mass is 10.1. The van der Waals surface area contributed by atoms with Gasteiger partial charge >= 0.3 is 7.82 Å². The maximum Gasteiger partial charge on any atom is 0.499 e. The van der Waals surface area contributed by atoms with Crippen molar-refractivity contribution in [3.8, 4) is 0 Å². The maximum absolute atomic E-state index is 11.4. The zero-order valence-electron chi connectivity index (χ0n) is 12.4. The molecule has 0 saturated carbocycles. The second-order valence-electron chi connectivity index (χ2n) is 5.44. The molecular formula is C14H29O5P. The molecule has 20 heavy (non-hydrogen) atoms. The second kappa shape index (κ2) is 11.7. The largest absolute Gasteiger partial charge is 0.499 e. The van der Waals surface area contributed by atoms with Crippen LogP contribution in [0.25, 0.3) is 0 Å². The lowest BCUT2D eigenvalue weighted by Gasteiger charge is -2.11. The summed E-state index contributed by atoms with van der Waals surface area (Å²) < 4.78 is 20.7. The quantitative estimate of drug-likeness (QED) is 0.517. The lowest BCUT2D eigenvalue weighted by molar-refractivity contribution is -0.225. The number of rotatable bonds is 0. The van der Waals surface area contributed by atoms with Crippen molar-refractivity contribution >= 4 is 7.82 Å². The van der Waals surface area contributed by atoms with E-state index in [-0.39, 0.29) is 6.61 Å². The van der Waals surface area contributed by atoms with Crippen molar-refractivity contribution in [3.63, 3.8) is 0 Å². The van der Waals surface area contributed by atoms with E-state index in [9.17, 15) is 9.46 Å². The Hall–Kier alpha value is 0.0700. The fourth-order valence-corrected chi connectivity index (χ4v) is 2.95. The molecule has 0 aromatic heterocycles. The van der Waals surface area contributed by atoms with Crippen LogP contribution < -0.4 is 0 Å². The third-order valence-electron chi connectivity index (χ3n) is 3.52. The van der Waals surface area contributed by atoms with Gasteiger partial charge in [-0.1, -0.05) is 64.2 Å². The molecule has 1 unspecified atom stereocenters. The molecule has 0 aliphatic carbocycles. The zero-order valence-corrected chi connectivity index (χ0v) is 13.3. The molecule has 1 N–H and O–H groups in total. The molecule has 0 aromatic rings. The van der Waals surface area contributed by atoms with Crippen LogP contribution in [-0.4, -0.2) is 18.1 Å². The van der Waals surface area contributed by atoms with E-state index >= 15 is 0 Å². The Morgan fingerprint density at radius 3 is 1.55 bits per heavy atom. The monoisotopic (exact) mass is 308 g/mol. The average Bonchev–Trinajstić information content (AvgIpc) is 2.41. The topological polar surface area (TPSA) is 65.0 Å². The van der Waals surface area contributed by atoms with E-state index in [2.05, 4.69) is 4.67 Å². The van der Waals surface area contributed by atoms with Gasteiger partial charge in [0.25, 0.3) is 0 Å². The van der Waals surface area contributed by atoms with Crippen LogP contribution in [0, 0.1) is 0 Å². The van der Waals surface area contributed by atoms with Crippen LogP contribution >= 0.6 is 7.82 Å². The van der Waals surface area contributed by atoms with Gasteiger partial charge in [0.05, 0.1) is 13.2 Å². The third kappa shape index (κ3) is 10.8. The summed E-state index contributed by atoms with van der Waals surface area (Å²) >= 11 is 0. The molecule has 120 valence electrons. The minimum atomic E-state index is -4.02. The molecule has 1 fully saturated rings. The molecule has 0 bridgehead atoms.